The van der Waals surface area contributed by atoms with Gasteiger partial charge in [-0.05, 0) is 66.7 Å². The predicted octanol–water partition coefficient (Wildman–Crippen LogP) is 4.38. The Bertz CT molecular complexity index is 1460. The third-order valence-electron chi connectivity index (χ3n) is 5.53. The SMILES string of the molecule is O=C1CN(C(=O)c2ccc(NC(=O)c3cccc(NC(=O)c4ccco4)c3)cc2)c2ccccc2N1. The van der Waals surface area contributed by atoms with Gasteiger partial charge in [0.25, 0.3) is 17.7 Å². The van der Waals surface area contributed by atoms with Crippen LogP contribution in [0.5, 0.6) is 0 Å². The first-order valence-electron chi connectivity index (χ1n) is 11.0. The predicted molar refractivity (Wildman–Crippen MR) is 134 cm³/mol. The van der Waals surface area contributed by atoms with Crippen LogP contribution in [0.3, 0.4) is 0 Å². The van der Waals surface area contributed by atoms with E-state index in [4.69, 9.17) is 4.42 Å². The molecule has 9 heteroatoms. The van der Waals surface area contributed by atoms with Crippen LogP contribution in [0, 0.1) is 0 Å². The fourth-order valence-electron chi connectivity index (χ4n) is 3.81. The summed E-state index contributed by atoms with van der Waals surface area (Å²) in [6, 6.07) is 23.1. The molecule has 178 valence electrons. The van der Waals surface area contributed by atoms with Crippen LogP contribution in [0.15, 0.2) is 95.6 Å². The molecule has 0 bridgehead atoms. The Hall–Kier alpha value is -5.18. The Morgan fingerprint density at radius 2 is 1.56 bits per heavy atom. The molecule has 0 unspecified atom stereocenters. The molecule has 3 N–H and O–H groups in total. The summed E-state index contributed by atoms with van der Waals surface area (Å²) in [6.07, 6.45) is 1.40. The zero-order chi connectivity index (χ0) is 25.1. The van der Waals surface area contributed by atoms with E-state index in [1.807, 2.05) is 0 Å². The number of anilines is 4. The number of para-hydroxylation sites is 2. The Morgan fingerprint density at radius 3 is 2.33 bits per heavy atom. The fourth-order valence-corrected chi connectivity index (χ4v) is 3.81. The van der Waals surface area contributed by atoms with Crippen LogP contribution in [0.1, 0.15) is 31.3 Å². The highest BCUT2D eigenvalue weighted by Crippen LogP contribution is 2.30. The molecule has 36 heavy (non-hydrogen) atoms. The summed E-state index contributed by atoms with van der Waals surface area (Å²) in [6.45, 7) is -0.0822. The van der Waals surface area contributed by atoms with E-state index in [0.717, 1.165) is 0 Å². The number of carbonyl (C=O) groups excluding carboxylic acids is 4. The normalized spacial score (nSPS) is 12.3. The topological polar surface area (TPSA) is 121 Å². The number of rotatable bonds is 5. The molecule has 0 aliphatic carbocycles. The lowest BCUT2D eigenvalue weighted by Gasteiger charge is -2.29. The molecule has 1 aliphatic rings. The maximum absolute atomic E-state index is 13.1. The lowest BCUT2D eigenvalue weighted by molar-refractivity contribution is -0.115. The fraction of sp³-hybridized carbons (Fsp3) is 0.0370. The minimum Gasteiger partial charge on any atom is -0.459 e. The van der Waals surface area contributed by atoms with E-state index < -0.39 is 5.91 Å². The molecule has 1 aromatic heterocycles. The maximum atomic E-state index is 13.1. The summed E-state index contributed by atoms with van der Waals surface area (Å²) in [4.78, 5) is 51.5. The smallest absolute Gasteiger partial charge is 0.291 e. The minimum atomic E-state index is -0.424. The first-order valence-corrected chi connectivity index (χ1v) is 11.0. The van der Waals surface area contributed by atoms with Crippen LogP contribution in [0.25, 0.3) is 0 Å². The second-order valence-electron chi connectivity index (χ2n) is 8.00. The summed E-state index contributed by atoms with van der Waals surface area (Å²) < 4.78 is 5.07. The average Bonchev–Trinajstić information content (AvgIpc) is 3.44. The van der Waals surface area contributed by atoms with Crippen molar-refractivity contribution in [3.63, 3.8) is 0 Å². The van der Waals surface area contributed by atoms with Crippen LogP contribution in [-0.4, -0.2) is 30.2 Å². The van der Waals surface area contributed by atoms with E-state index >= 15 is 0 Å². The number of fused-ring (bicyclic) bond motifs is 1. The molecule has 0 fully saturated rings. The summed E-state index contributed by atoms with van der Waals surface area (Å²) >= 11 is 0. The maximum Gasteiger partial charge on any atom is 0.291 e. The first-order chi connectivity index (χ1) is 17.5. The number of nitrogens with one attached hydrogen (secondary N) is 3. The quantitative estimate of drug-likeness (QED) is 0.391. The highest BCUT2D eigenvalue weighted by molar-refractivity contribution is 6.15. The molecular weight excluding hydrogens is 460 g/mol. The van der Waals surface area contributed by atoms with Gasteiger partial charge in [-0.3, -0.25) is 24.1 Å². The van der Waals surface area contributed by atoms with Crippen LogP contribution in [0.4, 0.5) is 22.7 Å². The zero-order valence-electron chi connectivity index (χ0n) is 18.9. The monoisotopic (exact) mass is 480 g/mol. The number of amides is 4. The van der Waals surface area contributed by atoms with E-state index in [-0.39, 0.29) is 30.0 Å². The molecule has 1 aliphatic heterocycles. The molecule has 0 saturated heterocycles. The van der Waals surface area contributed by atoms with E-state index in [1.165, 1.54) is 11.2 Å². The van der Waals surface area contributed by atoms with Gasteiger partial charge in [0.15, 0.2) is 5.76 Å². The summed E-state index contributed by atoms with van der Waals surface area (Å²) in [5.41, 5.74) is 2.84. The van der Waals surface area contributed by atoms with E-state index in [1.54, 1.807) is 84.9 Å². The Kier molecular flexibility index (Phi) is 6.02. The molecule has 5 rings (SSSR count). The van der Waals surface area contributed by atoms with Gasteiger partial charge in [0.1, 0.15) is 6.54 Å². The molecule has 2 heterocycles. The Labute approximate surface area is 205 Å². The van der Waals surface area contributed by atoms with Crippen LogP contribution < -0.4 is 20.9 Å². The zero-order valence-corrected chi connectivity index (χ0v) is 18.9. The van der Waals surface area contributed by atoms with Crippen molar-refractivity contribution in [3.05, 3.63) is 108 Å². The van der Waals surface area contributed by atoms with Crippen molar-refractivity contribution in [2.24, 2.45) is 0 Å². The van der Waals surface area contributed by atoms with E-state index in [9.17, 15) is 19.2 Å². The van der Waals surface area contributed by atoms with Crippen molar-refractivity contribution in [2.75, 3.05) is 27.4 Å². The van der Waals surface area contributed by atoms with Gasteiger partial charge in [-0.15, -0.1) is 0 Å². The molecule has 9 nitrogen and oxygen atoms in total. The van der Waals surface area contributed by atoms with Crippen LogP contribution in [-0.2, 0) is 4.79 Å². The number of carbonyl (C=O) groups is 4. The van der Waals surface area contributed by atoms with Gasteiger partial charge in [-0.2, -0.15) is 0 Å². The number of hydrogen-bond acceptors (Lipinski definition) is 5. The number of benzene rings is 3. The van der Waals surface area contributed by atoms with Crippen LogP contribution in [0.2, 0.25) is 0 Å². The standard InChI is InChI=1S/C27H20N4O5/c32-24-16-31(22-8-2-1-7-21(22)30-24)27(35)17-10-12-19(13-11-17)28-25(33)18-5-3-6-20(15-18)29-26(34)23-9-4-14-36-23/h1-15H,16H2,(H,28,33)(H,29,34)(H,30,32). The summed E-state index contributed by atoms with van der Waals surface area (Å²) in [5, 5.41) is 8.21. The molecular formula is C27H20N4O5. The van der Waals surface area contributed by atoms with Crippen molar-refractivity contribution in [3.8, 4) is 0 Å². The van der Waals surface area contributed by atoms with Crippen molar-refractivity contribution >= 4 is 46.4 Å². The first kappa shape index (κ1) is 22.6. The molecule has 4 amide bonds. The number of nitrogens with zero attached hydrogens (tertiary/aromatic N) is 1. The van der Waals surface area contributed by atoms with Gasteiger partial charge in [-0.1, -0.05) is 18.2 Å². The summed E-state index contributed by atoms with van der Waals surface area (Å²) in [5.74, 6) is -1.24. The largest absolute Gasteiger partial charge is 0.459 e. The molecule has 0 spiro atoms. The molecule has 3 aromatic carbocycles. The van der Waals surface area contributed by atoms with Crippen molar-refractivity contribution in [1.29, 1.82) is 0 Å². The molecule has 0 radical (unpaired) electrons. The minimum absolute atomic E-state index is 0.0822. The second kappa shape index (κ2) is 9.59. The van der Waals surface area contributed by atoms with Gasteiger partial charge in [0, 0.05) is 22.5 Å². The lowest BCUT2D eigenvalue weighted by Crippen LogP contribution is -2.42. The third-order valence-corrected chi connectivity index (χ3v) is 5.53. The van der Waals surface area contributed by atoms with E-state index in [0.29, 0.717) is 33.9 Å². The van der Waals surface area contributed by atoms with Gasteiger partial charge < -0.3 is 20.4 Å². The lowest BCUT2D eigenvalue weighted by atomic mass is 10.1. The van der Waals surface area contributed by atoms with Gasteiger partial charge in [0.2, 0.25) is 5.91 Å². The third kappa shape index (κ3) is 4.71. The molecule has 0 atom stereocenters. The van der Waals surface area contributed by atoms with Gasteiger partial charge in [-0.25, -0.2) is 0 Å². The van der Waals surface area contributed by atoms with Crippen LogP contribution >= 0.6 is 0 Å². The highest BCUT2D eigenvalue weighted by atomic mass is 16.3. The van der Waals surface area contributed by atoms with Gasteiger partial charge in [0.05, 0.1) is 17.6 Å². The Balaban J connectivity index is 1.26. The molecule has 0 saturated carbocycles. The number of furan rings is 1. The second-order valence-corrected chi connectivity index (χ2v) is 8.00. The van der Waals surface area contributed by atoms with Gasteiger partial charge >= 0.3 is 0 Å². The van der Waals surface area contributed by atoms with Crippen molar-refractivity contribution in [2.45, 2.75) is 0 Å². The summed E-state index contributed by atoms with van der Waals surface area (Å²) in [7, 11) is 0. The highest BCUT2D eigenvalue weighted by Gasteiger charge is 2.27. The van der Waals surface area contributed by atoms with Crippen molar-refractivity contribution in [1.82, 2.24) is 0 Å². The van der Waals surface area contributed by atoms with E-state index in [2.05, 4.69) is 16.0 Å². The average molecular weight is 480 g/mol. The Morgan fingerprint density at radius 1 is 0.778 bits per heavy atom. The molecule has 4 aromatic rings. The van der Waals surface area contributed by atoms with Crippen molar-refractivity contribution < 1.29 is 23.6 Å². The number of hydrogen-bond donors (Lipinski definition) is 3.